The number of carbonyl (C=O) groups excluding carboxylic acids is 1. The first-order valence-electron chi connectivity index (χ1n) is 6.34. The summed E-state index contributed by atoms with van der Waals surface area (Å²) in [5.41, 5.74) is 3.07. The van der Waals surface area contributed by atoms with Crippen LogP contribution in [0.4, 0.5) is 13.2 Å². The van der Waals surface area contributed by atoms with E-state index in [0.29, 0.717) is 6.42 Å². The van der Waals surface area contributed by atoms with Gasteiger partial charge in [-0.05, 0) is 31.2 Å². The molecule has 4 nitrogen and oxygen atoms in total. The van der Waals surface area contributed by atoms with Gasteiger partial charge in [-0.25, -0.2) is 0 Å². The van der Waals surface area contributed by atoms with Crippen molar-refractivity contribution in [1.29, 1.82) is 0 Å². The number of hydrogen-bond donors (Lipinski definition) is 2. The van der Waals surface area contributed by atoms with Crippen LogP contribution in [-0.4, -0.2) is 28.8 Å². The predicted molar refractivity (Wildman–Crippen MR) is 62.6 cm³/mol. The number of nitrogens with one attached hydrogen (secondary N) is 2. The van der Waals surface area contributed by atoms with Crippen LogP contribution in [0.1, 0.15) is 36.2 Å². The lowest BCUT2D eigenvalue weighted by Gasteiger charge is -2.11. The molecule has 1 amide bonds. The van der Waals surface area contributed by atoms with Crippen LogP contribution in [0.2, 0.25) is 0 Å². The predicted octanol–water partition coefficient (Wildman–Crippen LogP) is 1.90. The van der Waals surface area contributed by atoms with Crippen LogP contribution in [0.3, 0.4) is 0 Å². The number of H-pyrrole nitrogens is 1. The molecule has 0 saturated carbocycles. The number of aryl methyl sites for hydroxylation is 2. The number of aromatic nitrogens is 2. The quantitative estimate of drug-likeness (QED) is 0.881. The molecule has 0 aliphatic heterocycles. The van der Waals surface area contributed by atoms with Crippen molar-refractivity contribution in [3.8, 4) is 0 Å². The molecule has 19 heavy (non-hydrogen) atoms. The zero-order chi connectivity index (χ0) is 13.9. The van der Waals surface area contributed by atoms with Crippen LogP contribution in [0.25, 0.3) is 0 Å². The molecule has 1 heterocycles. The second kappa shape index (κ2) is 5.63. The number of alkyl halides is 3. The minimum absolute atomic E-state index is 0.0351. The molecule has 0 bridgehead atoms. The average molecular weight is 275 g/mol. The third-order valence-electron chi connectivity index (χ3n) is 3.22. The Morgan fingerprint density at radius 3 is 2.79 bits per heavy atom. The number of fused-ring (bicyclic) bond motifs is 1. The number of hydrogen-bond acceptors (Lipinski definition) is 2. The summed E-state index contributed by atoms with van der Waals surface area (Å²) >= 11 is 0. The summed E-state index contributed by atoms with van der Waals surface area (Å²) in [4.78, 5) is 11.3. The highest BCUT2D eigenvalue weighted by atomic mass is 19.4. The van der Waals surface area contributed by atoms with Crippen molar-refractivity contribution in [1.82, 2.24) is 15.5 Å². The van der Waals surface area contributed by atoms with E-state index in [2.05, 4.69) is 10.2 Å². The van der Waals surface area contributed by atoms with Gasteiger partial charge in [0.2, 0.25) is 5.91 Å². The van der Waals surface area contributed by atoms with Gasteiger partial charge in [-0.2, -0.15) is 18.3 Å². The summed E-state index contributed by atoms with van der Waals surface area (Å²) in [5, 5.41) is 8.96. The topological polar surface area (TPSA) is 57.8 Å². The standard InChI is InChI=1S/C12H16F3N3O/c13-12(14,15)7-16-11(19)6-5-10-8-3-1-2-4-9(8)17-18-10/h1-7H2,(H,16,19)(H,17,18). The minimum Gasteiger partial charge on any atom is -0.347 e. The van der Waals surface area contributed by atoms with E-state index in [1.807, 2.05) is 5.32 Å². The molecule has 7 heteroatoms. The summed E-state index contributed by atoms with van der Waals surface area (Å²) in [7, 11) is 0. The third-order valence-corrected chi connectivity index (χ3v) is 3.22. The van der Waals surface area contributed by atoms with E-state index < -0.39 is 18.6 Å². The lowest BCUT2D eigenvalue weighted by atomic mass is 9.95. The van der Waals surface area contributed by atoms with Crippen LogP contribution in [0, 0.1) is 0 Å². The maximum atomic E-state index is 11.9. The first-order chi connectivity index (χ1) is 8.96. The summed E-state index contributed by atoms with van der Waals surface area (Å²) in [6.07, 6.45) is 0.179. The SMILES string of the molecule is O=C(CCc1n[nH]c2c1CCCC2)NCC(F)(F)F. The van der Waals surface area contributed by atoms with Gasteiger partial charge in [0.25, 0.3) is 0 Å². The van der Waals surface area contributed by atoms with Crippen molar-refractivity contribution in [3.63, 3.8) is 0 Å². The average Bonchev–Trinajstić information content (AvgIpc) is 2.76. The van der Waals surface area contributed by atoms with E-state index in [-0.39, 0.29) is 6.42 Å². The van der Waals surface area contributed by atoms with Crippen LogP contribution in [0.15, 0.2) is 0 Å². The molecular weight excluding hydrogens is 259 g/mol. The minimum atomic E-state index is -4.36. The highest BCUT2D eigenvalue weighted by Gasteiger charge is 2.27. The van der Waals surface area contributed by atoms with Gasteiger partial charge in [-0.3, -0.25) is 9.89 Å². The molecule has 1 aromatic rings. The molecule has 0 radical (unpaired) electrons. The van der Waals surface area contributed by atoms with Gasteiger partial charge in [-0.15, -0.1) is 0 Å². The van der Waals surface area contributed by atoms with Crippen molar-refractivity contribution < 1.29 is 18.0 Å². The Balaban J connectivity index is 1.82. The first kappa shape index (κ1) is 13.9. The molecule has 1 aliphatic carbocycles. The smallest absolute Gasteiger partial charge is 0.347 e. The lowest BCUT2D eigenvalue weighted by Crippen LogP contribution is -2.33. The molecule has 2 rings (SSSR count). The van der Waals surface area contributed by atoms with Crippen LogP contribution < -0.4 is 5.32 Å². The molecule has 0 atom stereocenters. The van der Waals surface area contributed by atoms with Crippen molar-refractivity contribution in [2.45, 2.75) is 44.7 Å². The summed E-state index contributed by atoms with van der Waals surface area (Å²) < 4.78 is 35.8. The Kier molecular flexibility index (Phi) is 4.11. The van der Waals surface area contributed by atoms with Gasteiger partial charge in [-0.1, -0.05) is 0 Å². The summed E-state index contributed by atoms with van der Waals surface area (Å²) in [6, 6.07) is 0. The zero-order valence-electron chi connectivity index (χ0n) is 10.4. The maximum absolute atomic E-state index is 11.9. The fraction of sp³-hybridized carbons (Fsp3) is 0.667. The third kappa shape index (κ3) is 3.97. The van der Waals surface area contributed by atoms with Gasteiger partial charge in [0.15, 0.2) is 0 Å². The number of amides is 1. The van der Waals surface area contributed by atoms with E-state index >= 15 is 0 Å². The van der Waals surface area contributed by atoms with Crippen molar-refractivity contribution in [3.05, 3.63) is 17.0 Å². The second-order valence-corrected chi connectivity index (χ2v) is 4.73. The van der Waals surface area contributed by atoms with Gasteiger partial charge >= 0.3 is 6.18 Å². The van der Waals surface area contributed by atoms with Crippen molar-refractivity contribution in [2.75, 3.05) is 6.54 Å². The molecule has 0 fully saturated rings. The molecule has 106 valence electrons. The normalized spacial score (nSPS) is 15.1. The molecule has 0 aromatic carbocycles. The number of nitrogens with zero attached hydrogens (tertiary/aromatic N) is 1. The van der Waals surface area contributed by atoms with E-state index in [4.69, 9.17) is 0 Å². The van der Waals surface area contributed by atoms with E-state index in [9.17, 15) is 18.0 Å². The molecule has 0 saturated heterocycles. The first-order valence-corrected chi connectivity index (χ1v) is 6.34. The van der Waals surface area contributed by atoms with Gasteiger partial charge in [0.05, 0.1) is 5.69 Å². The van der Waals surface area contributed by atoms with Crippen LogP contribution in [-0.2, 0) is 24.1 Å². The van der Waals surface area contributed by atoms with Gasteiger partial charge in [0, 0.05) is 18.5 Å². The van der Waals surface area contributed by atoms with E-state index in [1.54, 1.807) is 0 Å². The molecule has 2 N–H and O–H groups in total. The highest BCUT2D eigenvalue weighted by Crippen LogP contribution is 2.22. The Bertz CT molecular complexity index is 454. The maximum Gasteiger partial charge on any atom is 0.405 e. The Morgan fingerprint density at radius 2 is 2.05 bits per heavy atom. The monoisotopic (exact) mass is 275 g/mol. The fourth-order valence-electron chi connectivity index (χ4n) is 2.28. The van der Waals surface area contributed by atoms with E-state index in [0.717, 1.165) is 42.6 Å². The second-order valence-electron chi connectivity index (χ2n) is 4.73. The van der Waals surface area contributed by atoms with Gasteiger partial charge in [0.1, 0.15) is 6.54 Å². The highest BCUT2D eigenvalue weighted by molar-refractivity contribution is 5.76. The molecule has 0 spiro atoms. The fourth-order valence-corrected chi connectivity index (χ4v) is 2.28. The lowest BCUT2D eigenvalue weighted by molar-refractivity contribution is -0.138. The molecule has 0 unspecified atom stereocenters. The van der Waals surface area contributed by atoms with Crippen LogP contribution >= 0.6 is 0 Å². The van der Waals surface area contributed by atoms with Crippen LogP contribution in [0.5, 0.6) is 0 Å². The zero-order valence-corrected chi connectivity index (χ0v) is 10.4. The van der Waals surface area contributed by atoms with E-state index in [1.165, 1.54) is 0 Å². The summed E-state index contributed by atoms with van der Waals surface area (Å²) in [5.74, 6) is -0.593. The number of carbonyl (C=O) groups is 1. The number of aromatic amines is 1. The van der Waals surface area contributed by atoms with Crippen molar-refractivity contribution >= 4 is 5.91 Å². The molecule has 1 aliphatic rings. The Hall–Kier alpha value is -1.53. The van der Waals surface area contributed by atoms with Gasteiger partial charge < -0.3 is 5.32 Å². The largest absolute Gasteiger partial charge is 0.405 e. The Labute approximate surface area is 108 Å². The van der Waals surface area contributed by atoms with Crippen molar-refractivity contribution in [2.24, 2.45) is 0 Å². The number of rotatable bonds is 4. The molecule has 1 aromatic heterocycles. The Morgan fingerprint density at radius 1 is 1.32 bits per heavy atom. The summed E-state index contributed by atoms with van der Waals surface area (Å²) in [6.45, 7) is -1.27. The molecular formula is C12H16F3N3O. The number of halogens is 3.